The van der Waals surface area contributed by atoms with Gasteiger partial charge in [-0.05, 0) is 23.8 Å². The third kappa shape index (κ3) is 4.19. The van der Waals surface area contributed by atoms with E-state index in [-0.39, 0.29) is 21.4 Å². The molecule has 2 rings (SSSR count). The number of halogens is 5. The van der Waals surface area contributed by atoms with Crippen LogP contribution in [0.1, 0.15) is 5.56 Å². The molecule has 0 heterocycles. The lowest BCUT2D eigenvalue weighted by atomic mass is 10.1. The fourth-order valence-electron chi connectivity index (χ4n) is 1.77. The summed E-state index contributed by atoms with van der Waals surface area (Å²) in [5.74, 6) is -1.68. The van der Waals surface area contributed by atoms with E-state index in [2.05, 4.69) is 0 Å². The molecule has 0 atom stereocenters. The summed E-state index contributed by atoms with van der Waals surface area (Å²) in [4.78, 5) is 0. The topological polar surface area (TPSA) is 33.0 Å². The third-order valence-corrected chi connectivity index (χ3v) is 3.30. The van der Waals surface area contributed by atoms with E-state index in [0.29, 0.717) is 0 Å². The molecule has 0 saturated carbocycles. The Kier molecular flexibility index (Phi) is 5.19. The van der Waals surface area contributed by atoms with Crippen LogP contribution in [0, 0.1) is 11.3 Å². The van der Waals surface area contributed by atoms with Crippen LogP contribution in [0.4, 0.5) is 13.2 Å². The Hall–Kier alpha value is -2.16. The Balaban J connectivity index is 2.57. The van der Waals surface area contributed by atoms with Gasteiger partial charge in [0.25, 0.3) is 0 Å². The molecule has 118 valence electrons. The van der Waals surface area contributed by atoms with Gasteiger partial charge in [0.1, 0.15) is 17.4 Å². The van der Waals surface area contributed by atoms with Crippen molar-refractivity contribution < 1.29 is 17.9 Å². The molecule has 0 aliphatic rings. The monoisotopic (exact) mass is 357 g/mol. The number of rotatable bonds is 3. The molecular weight excluding hydrogens is 350 g/mol. The van der Waals surface area contributed by atoms with E-state index in [4.69, 9.17) is 33.2 Å². The van der Waals surface area contributed by atoms with Gasteiger partial charge in [0.2, 0.25) is 5.76 Å². The van der Waals surface area contributed by atoms with E-state index >= 15 is 0 Å². The molecule has 0 spiro atoms. The van der Waals surface area contributed by atoms with Crippen LogP contribution < -0.4 is 4.74 Å². The van der Waals surface area contributed by atoms with Crippen molar-refractivity contribution in [2.24, 2.45) is 0 Å². The van der Waals surface area contributed by atoms with Gasteiger partial charge in [0, 0.05) is 5.02 Å². The average molecular weight is 358 g/mol. The minimum Gasteiger partial charge on any atom is -0.449 e. The van der Waals surface area contributed by atoms with Crippen LogP contribution >= 0.6 is 23.2 Å². The highest BCUT2D eigenvalue weighted by atomic mass is 35.5. The molecule has 0 amide bonds. The molecule has 0 aliphatic carbocycles. The number of ether oxygens (including phenoxy) is 1. The van der Waals surface area contributed by atoms with E-state index in [0.717, 1.165) is 0 Å². The predicted molar refractivity (Wildman–Crippen MR) is 82.1 cm³/mol. The molecule has 2 aromatic rings. The summed E-state index contributed by atoms with van der Waals surface area (Å²) in [6.45, 7) is 0. The van der Waals surface area contributed by atoms with Gasteiger partial charge < -0.3 is 4.74 Å². The maximum Gasteiger partial charge on any atom is 0.450 e. The van der Waals surface area contributed by atoms with Crippen molar-refractivity contribution in [3.05, 3.63) is 69.9 Å². The van der Waals surface area contributed by atoms with Crippen LogP contribution in [0.15, 0.2) is 54.3 Å². The van der Waals surface area contributed by atoms with Gasteiger partial charge in [-0.15, -0.1) is 0 Å². The predicted octanol–water partition coefficient (Wildman–Crippen LogP) is 5.87. The zero-order chi connectivity index (χ0) is 17.0. The van der Waals surface area contributed by atoms with Crippen LogP contribution in [-0.4, -0.2) is 6.18 Å². The maximum atomic E-state index is 13.3. The molecule has 0 aliphatic heterocycles. The number of hydrogen-bond donors (Lipinski definition) is 0. The summed E-state index contributed by atoms with van der Waals surface area (Å²) >= 11 is 11.5. The highest BCUT2D eigenvalue weighted by molar-refractivity contribution is 6.35. The fraction of sp³-hybridized carbons (Fsp3) is 0.0625. The molecule has 0 radical (unpaired) electrons. The van der Waals surface area contributed by atoms with Crippen LogP contribution in [0.2, 0.25) is 10.0 Å². The Labute approximate surface area is 140 Å². The standard InChI is InChI=1S/C16H8Cl2F3NO/c17-11-6-7-14(13(18)8-11)23-15(16(19,20)21)12(9-22)10-4-2-1-3-5-10/h1-8H/b15-12-. The highest BCUT2D eigenvalue weighted by Crippen LogP contribution is 2.37. The molecule has 2 aromatic carbocycles. The summed E-state index contributed by atoms with van der Waals surface area (Å²) in [7, 11) is 0. The van der Waals surface area contributed by atoms with E-state index < -0.39 is 17.5 Å². The van der Waals surface area contributed by atoms with E-state index in [1.54, 1.807) is 12.1 Å². The van der Waals surface area contributed by atoms with Gasteiger partial charge in [-0.25, -0.2) is 0 Å². The molecule has 0 N–H and O–H groups in total. The quantitative estimate of drug-likeness (QED) is 0.508. The molecule has 0 saturated heterocycles. The Morgan fingerprint density at radius 3 is 2.22 bits per heavy atom. The number of alkyl halides is 3. The van der Waals surface area contributed by atoms with Crippen molar-refractivity contribution in [2.75, 3.05) is 0 Å². The van der Waals surface area contributed by atoms with E-state index in [1.807, 2.05) is 0 Å². The summed E-state index contributed by atoms with van der Waals surface area (Å²) in [5, 5.41) is 9.32. The normalized spacial score (nSPS) is 12.3. The summed E-state index contributed by atoms with van der Waals surface area (Å²) in [6, 6.07) is 12.8. The molecule has 2 nitrogen and oxygen atoms in total. The van der Waals surface area contributed by atoms with Gasteiger partial charge in [-0.3, -0.25) is 0 Å². The zero-order valence-electron chi connectivity index (χ0n) is 11.4. The average Bonchev–Trinajstić information content (AvgIpc) is 2.49. The maximum absolute atomic E-state index is 13.3. The summed E-state index contributed by atoms with van der Waals surface area (Å²) < 4.78 is 44.9. The molecule has 23 heavy (non-hydrogen) atoms. The third-order valence-electron chi connectivity index (χ3n) is 2.76. The second-order valence-corrected chi connectivity index (χ2v) is 5.20. The summed E-state index contributed by atoms with van der Waals surface area (Å²) in [6.07, 6.45) is -4.87. The van der Waals surface area contributed by atoms with Crippen molar-refractivity contribution in [3.63, 3.8) is 0 Å². The lowest BCUT2D eigenvalue weighted by Crippen LogP contribution is -2.19. The first-order valence-corrected chi connectivity index (χ1v) is 6.98. The number of nitriles is 1. The first kappa shape index (κ1) is 17.2. The smallest absolute Gasteiger partial charge is 0.449 e. The van der Waals surface area contributed by atoms with Gasteiger partial charge >= 0.3 is 6.18 Å². The molecule has 0 unspecified atom stereocenters. The second kappa shape index (κ2) is 6.95. The summed E-state index contributed by atoms with van der Waals surface area (Å²) in [5.41, 5.74) is -0.545. The molecule has 7 heteroatoms. The van der Waals surface area contributed by atoms with Crippen molar-refractivity contribution in [1.29, 1.82) is 5.26 Å². The first-order chi connectivity index (χ1) is 10.8. The minimum atomic E-state index is -4.87. The number of hydrogen-bond acceptors (Lipinski definition) is 2. The van der Waals surface area contributed by atoms with E-state index in [1.165, 1.54) is 42.5 Å². The highest BCUT2D eigenvalue weighted by Gasteiger charge is 2.40. The van der Waals surface area contributed by atoms with Gasteiger partial charge in [0.05, 0.1) is 5.02 Å². The van der Waals surface area contributed by atoms with Crippen molar-refractivity contribution >= 4 is 28.8 Å². The number of allylic oxidation sites excluding steroid dienone is 2. The zero-order valence-corrected chi connectivity index (χ0v) is 12.9. The molecule has 0 fully saturated rings. The van der Waals surface area contributed by atoms with Gasteiger partial charge in [-0.2, -0.15) is 18.4 Å². The Morgan fingerprint density at radius 2 is 1.70 bits per heavy atom. The number of nitrogens with zero attached hydrogens (tertiary/aromatic N) is 1. The van der Waals surface area contributed by atoms with Crippen molar-refractivity contribution in [3.8, 4) is 11.8 Å². The fourth-order valence-corrected chi connectivity index (χ4v) is 2.22. The Bertz CT molecular complexity index is 780. The van der Waals surface area contributed by atoms with Crippen LogP contribution in [-0.2, 0) is 0 Å². The van der Waals surface area contributed by atoms with Crippen LogP contribution in [0.5, 0.6) is 5.75 Å². The number of benzene rings is 2. The van der Waals surface area contributed by atoms with Crippen molar-refractivity contribution in [1.82, 2.24) is 0 Å². The van der Waals surface area contributed by atoms with Crippen LogP contribution in [0.3, 0.4) is 0 Å². The van der Waals surface area contributed by atoms with Crippen molar-refractivity contribution in [2.45, 2.75) is 6.18 Å². The molecule has 0 bridgehead atoms. The SMILES string of the molecule is N#C/C(=C(/Oc1ccc(Cl)cc1Cl)C(F)(F)F)c1ccccc1. The van der Waals surface area contributed by atoms with Gasteiger partial charge in [0.15, 0.2) is 0 Å². The lowest BCUT2D eigenvalue weighted by molar-refractivity contribution is -0.115. The second-order valence-electron chi connectivity index (χ2n) is 4.36. The molecule has 0 aromatic heterocycles. The Morgan fingerprint density at radius 1 is 1.04 bits per heavy atom. The largest absolute Gasteiger partial charge is 0.450 e. The lowest BCUT2D eigenvalue weighted by Gasteiger charge is -2.16. The van der Waals surface area contributed by atoms with Gasteiger partial charge in [-0.1, -0.05) is 53.5 Å². The van der Waals surface area contributed by atoms with E-state index in [9.17, 15) is 13.2 Å². The van der Waals surface area contributed by atoms with Crippen LogP contribution in [0.25, 0.3) is 5.57 Å². The first-order valence-electron chi connectivity index (χ1n) is 6.23. The minimum absolute atomic E-state index is 0.0902. The molecular formula is C16H8Cl2F3NO.